The molecule has 150 valence electrons. The summed E-state index contributed by atoms with van der Waals surface area (Å²) in [6, 6.07) is 5.71. The van der Waals surface area contributed by atoms with Gasteiger partial charge in [-0.05, 0) is 63.4 Å². The molecule has 0 radical (unpaired) electrons. The molecule has 2 aliphatic heterocycles. The molecule has 6 nitrogen and oxygen atoms in total. The van der Waals surface area contributed by atoms with Crippen LogP contribution in [0.1, 0.15) is 37.3 Å². The van der Waals surface area contributed by atoms with E-state index in [9.17, 15) is 13.2 Å². The third-order valence-electron chi connectivity index (χ3n) is 5.99. The van der Waals surface area contributed by atoms with Gasteiger partial charge in [0.2, 0.25) is 15.9 Å². The van der Waals surface area contributed by atoms with Crippen molar-refractivity contribution in [3.05, 3.63) is 29.3 Å². The molecule has 2 saturated heterocycles. The number of benzene rings is 1. The summed E-state index contributed by atoms with van der Waals surface area (Å²) in [6.45, 7) is 9.15. The molecule has 2 heterocycles. The van der Waals surface area contributed by atoms with E-state index in [1.165, 1.54) is 10.7 Å². The number of sulfonamides is 1. The molecular weight excluding hydrogens is 362 g/mol. The highest BCUT2D eigenvalue weighted by Crippen LogP contribution is 2.21. The molecule has 1 aromatic carbocycles. The van der Waals surface area contributed by atoms with E-state index in [1.54, 1.807) is 12.1 Å². The van der Waals surface area contributed by atoms with Crippen molar-refractivity contribution in [1.82, 2.24) is 14.1 Å². The van der Waals surface area contributed by atoms with Crippen LogP contribution in [0, 0.1) is 13.8 Å². The summed E-state index contributed by atoms with van der Waals surface area (Å²) in [5, 5.41) is 0. The number of rotatable bonds is 4. The number of aryl methyl sites for hydroxylation is 2. The molecule has 0 bridgehead atoms. The second-order valence-electron chi connectivity index (χ2n) is 7.85. The Morgan fingerprint density at radius 1 is 1.04 bits per heavy atom. The van der Waals surface area contributed by atoms with Gasteiger partial charge in [0.15, 0.2) is 0 Å². The maximum absolute atomic E-state index is 12.9. The van der Waals surface area contributed by atoms with Crippen LogP contribution in [0.2, 0.25) is 0 Å². The summed E-state index contributed by atoms with van der Waals surface area (Å²) < 4.78 is 27.3. The van der Waals surface area contributed by atoms with Crippen molar-refractivity contribution in [2.24, 2.45) is 0 Å². The SMILES string of the molecule is Cc1ccc(S(=O)(=O)N2CCN(C(=O)CN3CCCC[C@@H]3C)CC2)cc1C. The van der Waals surface area contributed by atoms with E-state index in [4.69, 9.17) is 0 Å². The van der Waals surface area contributed by atoms with Gasteiger partial charge in [0.05, 0.1) is 11.4 Å². The Morgan fingerprint density at radius 2 is 1.74 bits per heavy atom. The Hall–Kier alpha value is -1.44. The first-order valence-corrected chi connectivity index (χ1v) is 11.3. The number of carbonyl (C=O) groups is 1. The second-order valence-corrected chi connectivity index (χ2v) is 9.78. The molecule has 27 heavy (non-hydrogen) atoms. The Morgan fingerprint density at radius 3 is 2.37 bits per heavy atom. The zero-order valence-corrected chi connectivity index (χ0v) is 17.5. The predicted molar refractivity (Wildman–Crippen MR) is 106 cm³/mol. The summed E-state index contributed by atoms with van der Waals surface area (Å²) in [7, 11) is -3.50. The number of likely N-dealkylation sites (tertiary alicyclic amines) is 1. The van der Waals surface area contributed by atoms with E-state index in [1.807, 2.05) is 24.8 Å². The summed E-state index contributed by atoms with van der Waals surface area (Å²) in [4.78, 5) is 17.0. The normalized spacial score (nSPS) is 22.8. The fourth-order valence-electron chi connectivity index (χ4n) is 3.87. The van der Waals surface area contributed by atoms with E-state index >= 15 is 0 Å². The zero-order chi connectivity index (χ0) is 19.6. The standard InChI is InChI=1S/C20H31N3O3S/c1-16-7-8-19(14-17(16)2)27(25,26)23-12-10-21(11-13-23)20(24)15-22-9-5-4-6-18(22)3/h7-8,14,18H,4-6,9-13,15H2,1-3H3/t18-/m0/s1. The van der Waals surface area contributed by atoms with Gasteiger partial charge in [-0.2, -0.15) is 4.31 Å². The number of amides is 1. The van der Waals surface area contributed by atoms with Crippen molar-refractivity contribution >= 4 is 15.9 Å². The molecule has 3 rings (SSSR count). The lowest BCUT2D eigenvalue weighted by Gasteiger charge is -2.37. The molecule has 1 aromatic rings. The molecular formula is C20H31N3O3S. The summed E-state index contributed by atoms with van der Waals surface area (Å²) in [5.74, 6) is 0.118. The van der Waals surface area contributed by atoms with Gasteiger partial charge in [0.25, 0.3) is 0 Å². The first-order valence-electron chi connectivity index (χ1n) is 9.88. The Bertz CT molecular complexity index is 786. The van der Waals surface area contributed by atoms with E-state index in [2.05, 4.69) is 11.8 Å². The molecule has 0 aliphatic carbocycles. The lowest BCUT2D eigenvalue weighted by Crippen LogP contribution is -2.53. The number of hydrogen-bond donors (Lipinski definition) is 0. The lowest BCUT2D eigenvalue weighted by atomic mass is 10.0. The van der Waals surface area contributed by atoms with Gasteiger partial charge >= 0.3 is 0 Å². The maximum atomic E-state index is 12.9. The fourth-order valence-corrected chi connectivity index (χ4v) is 5.38. The molecule has 1 atom stereocenters. The molecule has 2 aliphatic rings. The minimum Gasteiger partial charge on any atom is -0.339 e. The van der Waals surface area contributed by atoms with Gasteiger partial charge in [-0.25, -0.2) is 8.42 Å². The predicted octanol–water partition coefficient (Wildman–Crippen LogP) is 2.01. The quantitative estimate of drug-likeness (QED) is 0.785. The number of piperazine rings is 1. The van der Waals surface area contributed by atoms with E-state index < -0.39 is 10.0 Å². The van der Waals surface area contributed by atoms with Crippen LogP contribution >= 0.6 is 0 Å². The Kier molecular flexibility index (Phi) is 6.23. The Labute approximate surface area is 163 Å². The molecule has 0 spiro atoms. The first kappa shape index (κ1) is 20.3. The van der Waals surface area contributed by atoms with Crippen molar-refractivity contribution < 1.29 is 13.2 Å². The minimum absolute atomic E-state index is 0.118. The Balaban J connectivity index is 1.59. The van der Waals surface area contributed by atoms with Crippen LogP contribution in [0.4, 0.5) is 0 Å². The molecule has 0 N–H and O–H groups in total. The highest BCUT2D eigenvalue weighted by atomic mass is 32.2. The highest BCUT2D eigenvalue weighted by molar-refractivity contribution is 7.89. The number of nitrogens with zero attached hydrogens (tertiary/aromatic N) is 3. The average molecular weight is 394 g/mol. The average Bonchev–Trinajstić information content (AvgIpc) is 2.65. The number of piperidine rings is 1. The number of hydrogen-bond acceptors (Lipinski definition) is 4. The highest BCUT2D eigenvalue weighted by Gasteiger charge is 2.31. The van der Waals surface area contributed by atoms with Crippen LogP contribution in [0.25, 0.3) is 0 Å². The molecule has 0 saturated carbocycles. The monoisotopic (exact) mass is 393 g/mol. The van der Waals surface area contributed by atoms with Gasteiger partial charge in [0, 0.05) is 32.2 Å². The number of carbonyl (C=O) groups excluding carboxylic acids is 1. The van der Waals surface area contributed by atoms with Gasteiger partial charge in [-0.1, -0.05) is 12.5 Å². The lowest BCUT2D eigenvalue weighted by molar-refractivity contribution is -0.134. The van der Waals surface area contributed by atoms with Crippen LogP contribution in [-0.4, -0.2) is 73.7 Å². The largest absolute Gasteiger partial charge is 0.339 e. The minimum atomic E-state index is -3.50. The van der Waals surface area contributed by atoms with Crippen LogP contribution in [0.3, 0.4) is 0 Å². The maximum Gasteiger partial charge on any atom is 0.243 e. The molecule has 0 aromatic heterocycles. The summed E-state index contributed by atoms with van der Waals surface area (Å²) >= 11 is 0. The molecule has 2 fully saturated rings. The van der Waals surface area contributed by atoms with Crippen molar-refractivity contribution in [2.45, 2.75) is 51.0 Å². The van der Waals surface area contributed by atoms with Gasteiger partial charge in [0.1, 0.15) is 0 Å². The fraction of sp³-hybridized carbons (Fsp3) is 0.650. The van der Waals surface area contributed by atoms with Crippen molar-refractivity contribution in [3.8, 4) is 0 Å². The third-order valence-corrected chi connectivity index (χ3v) is 7.88. The van der Waals surface area contributed by atoms with Crippen LogP contribution in [0.15, 0.2) is 23.1 Å². The van der Waals surface area contributed by atoms with Crippen LogP contribution in [0.5, 0.6) is 0 Å². The van der Waals surface area contributed by atoms with Crippen LogP contribution < -0.4 is 0 Å². The second kappa shape index (κ2) is 8.29. The summed E-state index contributed by atoms with van der Waals surface area (Å²) in [5.41, 5.74) is 2.05. The van der Waals surface area contributed by atoms with E-state index in [0.29, 0.717) is 43.7 Å². The van der Waals surface area contributed by atoms with E-state index in [-0.39, 0.29) is 5.91 Å². The van der Waals surface area contributed by atoms with Crippen molar-refractivity contribution in [2.75, 3.05) is 39.3 Å². The molecule has 7 heteroatoms. The molecule has 0 unspecified atom stereocenters. The van der Waals surface area contributed by atoms with Crippen LogP contribution in [-0.2, 0) is 14.8 Å². The topological polar surface area (TPSA) is 60.9 Å². The summed E-state index contributed by atoms with van der Waals surface area (Å²) in [6.07, 6.45) is 3.54. The van der Waals surface area contributed by atoms with Crippen molar-refractivity contribution in [3.63, 3.8) is 0 Å². The first-order chi connectivity index (χ1) is 12.8. The van der Waals surface area contributed by atoms with Crippen molar-refractivity contribution in [1.29, 1.82) is 0 Å². The molecule has 1 amide bonds. The van der Waals surface area contributed by atoms with Gasteiger partial charge in [-0.3, -0.25) is 9.69 Å². The van der Waals surface area contributed by atoms with Gasteiger partial charge in [-0.15, -0.1) is 0 Å². The van der Waals surface area contributed by atoms with E-state index in [0.717, 1.165) is 30.5 Å². The third kappa shape index (κ3) is 4.52. The van der Waals surface area contributed by atoms with Gasteiger partial charge < -0.3 is 4.90 Å². The zero-order valence-electron chi connectivity index (χ0n) is 16.6. The smallest absolute Gasteiger partial charge is 0.243 e.